The van der Waals surface area contributed by atoms with E-state index in [-0.39, 0.29) is 0 Å². The Morgan fingerprint density at radius 1 is 1.00 bits per heavy atom. The van der Waals surface area contributed by atoms with Gasteiger partial charge in [0.1, 0.15) is 16.7 Å². The molecule has 0 aliphatic carbocycles. The van der Waals surface area contributed by atoms with E-state index in [1.54, 1.807) is 6.07 Å². The SMILES string of the molecule is Cc1ccc(Oc2ccc(Cl)nc2C)c(C)c1. The van der Waals surface area contributed by atoms with Crippen LogP contribution in [0.1, 0.15) is 16.8 Å². The third-order valence-corrected chi connectivity index (χ3v) is 2.76. The molecule has 0 spiro atoms. The Morgan fingerprint density at radius 3 is 2.35 bits per heavy atom. The molecule has 0 radical (unpaired) electrons. The van der Waals surface area contributed by atoms with Crippen molar-refractivity contribution in [2.24, 2.45) is 0 Å². The first-order chi connectivity index (χ1) is 8.06. The third-order valence-electron chi connectivity index (χ3n) is 2.55. The van der Waals surface area contributed by atoms with E-state index >= 15 is 0 Å². The van der Waals surface area contributed by atoms with Crippen molar-refractivity contribution in [1.82, 2.24) is 4.98 Å². The lowest BCUT2D eigenvalue weighted by Gasteiger charge is -2.11. The predicted molar refractivity (Wildman–Crippen MR) is 70.0 cm³/mol. The summed E-state index contributed by atoms with van der Waals surface area (Å²) in [5, 5.41) is 0.482. The van der Waals surface area contributed by atoms with Crippen molar-refractivity contribution in [3.63, 3.8) is 0 Å². The van der Waals surface area contributed by atoms with Crippen molar-refractivity contribution in [2.45, 2.75) is 20.8 Å². The maximum absolute atomic E-state index is 5.83. The maximum atomic E-state index is 5.83. The third kappa shape index (κ3) is 2.77. The number of aromatic nitrogens is 1. The van der Waals surface area contributed by atoms with E-state index in [9.17, 15) is 0 Å². The van der Waals surface area contributed by atoms with Gasteiger partial charge in [0.05, 0.1) is 5.69 Å². The van der Waals surface area contributed by atoms with Crippen LogP contribution in [-0.4, -0.2) is 4.98 Å². The molecule has 2 aromatic rings. The second kappa shape index (κ2) is 4.76. The van der Waals surface area contributed by atoms with Crippen LogP contribution in [-0.2, 0) is 0 Å². The van der Waals surface area contributed by atoms with Crippen LogP contribution in [0.25, 0.3) is 0 Å². The van der Waals surface area contributed by atoms with Crippen molar-refractivity contribution in [3.8, 4) is 11.5 Å². The molecule has 0 aliphatic rings. The number of nitrogens with zero attached hydrogens (tertiary/aromatic N) is 1. The van der Waals surface area contributed by atoms with Crippen LogP contribution < -0.4 is 4.74 Å². The van der Waals surface area contributed by atoms with E-state index in [4.69, 9.17) is 16.3 Å². The molecule has 0 N–H and O–H groups in total. The molecule has 1 heterocycles. The van der Waals surface area contributed by atoms with Crippen LogP contribution in [0, 0.1) is 20.8 Å². The highest BCUT2D eigenvalue weighted by Gasteiger charge is 2.05. The molecule has 88 valence electrons. The highest BCUT2D eigenvalue weighted by Crippen LogP contribution is 2.28. The second-order valence-electron chi connectivity index (χ2n) is 4.09. The smallest absolute Gasteiger partial charge is 0.148 e. The van der Waals surface area contributed by atoms with Gasteiger partial charge in [-0.2, -0.15) is 0 Å². The van der Waals surface area contributed by atoms with Crippen LogP contribution in [0.3, 0.4) is 0 Å². The van der Waals surface area contributed by atoms with Gasteiger partial charge in [0.2, 0.25) is 0 Å². The van der Waals surface area contributed by atoms with Crippen molar-refractivity contribution >= 4 is 11.6 Å². The highest BCUT2D eigenvalue weighted by molar-refractivity contribution is 6.29. The first kappa shape index (κ1) is 11.9. The molecule has 2 nitrogen and oxygen atoms in total. The molecule has 17 heavy (non-hydrogen) atoms. The summed E-state index contributed by atoms with van der Waals surface area (Å²) in [5.74, 6) is 1.59. The molecule has 1 aromatic carbocycles. The fraction of sp³-hybridized carbons (Fsp3) is 0.214. The van der Waals surface area contributed by atoms with E-state index < -0.39 is 0 Å². The van der Waals surface area contributed by atoms with E-state index in [0.29, 0.717) is 5.15 Å². The largest absolute Gasteiger partial charge is 0.455 e. The predicted octanol–water partition coefficient (Wildman–Crippen LogP) is 4.45. The van der Waals surface area contributed by atoms with Gasteiger partial charge in [0.25, 0.3) is 0 Å². The normalized spacial score (nSPS) is 10.4. The minimum atomic E-state index is 0.482. The molecule has 0 saturated carbocycles. The quantitative estimate of drug-likeness (QED) is 0.732. The number of pyridine rings is 1. The molecule has 0 fully saturated rings. The average Bonchev–Trinajstić information content (AvgIpc) is 2.25. The Bertz CT molecular complexity index is 502. The summed E-state index contributed by atoms with van der Waals surface area (Å²) < 4.78 is 5.83. The Morgan fingerprint density at radius 2 is 1.71 bits per heavy atom. The number of halogens is 1. The molecule has 0 unspecified atom stereocenters. The van der Waals surface area contributed by atoms with E-state index in [1.807, 2.05) is 32.0 Å². The van der Waals surface area contributed by atoms with Crippen LogP contribution in [0.4, 0.5) is 0 Å². The standard InChI is InChI=1S/C14H14ClNO/c1-9-4-5-12(10(2)8-9)17-13-6-7-14(15)16-11(13)3/h4-8H,1-3H3. The maximum Gasteiger partial charge on any atom is 0.148 e. The minimum absolute atomic E-state index is 0.482. The zero-order valence-corrected chi connectivity index (χ0v) is 10.9. The van der Waals surface area contributed by atoms with Crippen LogP contribution in [0.5, 0.6) is 11.5 Å². The zero-order chi connectivity index (χ0) is 12.4. The van der Waals surface area contributed by atoms with Crippen molar-refractivity contribution in [2.75, 3.05) is 0 Å². The van der Waals surface area contributed by atoms with Gasteiger partial charge in [-0.1, -0.05) is 29.3 Å². The lowest BCUT2D eigenvalue weighted by atomic mass is 10.1. The van der Waals surface area contributed by atoms with Gasteiger partial charge in [-0.05, 0) is 44.5 Å². The molecule has 0 saturated heterocycles. The number of benzene rings is 1. The van der Waals surface area contributed by atoms with Gasteiger partial charge in [-0.15, -0.1) is 0 Å². The van der Waals surface area contributed by atoms with Gasteiger partial charge < -0.3 is 4.74 Å². The fourth-order valence-electron chi connectivity index (χ4n) is 1.66. The van der Waals surface area contributed by atoms with Crippen LogP contribution >= 0.6 is 11.6 Å². The monoisotopic (exact) mass is 247 g/mol. The van der Waals surface area contributed by atoms with Gasteiger partial charge in [-0.25, -0.2) is 4.98 Å². The molecule has 2 rings (SSSR count). The highest BCUT2D eigenvalue weighted by atomic mass is 35.5. The van der Waals surface area contributed by atoms with E-state index in [1.165, 1.54) is 5.56 Å². The Balaban J connectivity index is 2.31. The summed E-state index contributed by atoms with van der Waals surface area (Å²) in [6.07, 6.45) is 0. The Hall–Kier alpha value is -1.54. The van der Waals surface area contributed by atoms with Gasteiger partial charge in [-0.3, -0.25) is 0 Å². The lowest BCUT2D eigenvalue weighted by Crippen LogP contribution is -1.92. The van der Waals surface area contributed by atoms with Gasteiger partial charge >= 0.3 is 0 Å². The second-order valence-corrected chi connectivity index (χ2v) is 4.48. The molecular formula is C14H14ClNO. The topological polar surface area (TPSA) is 22.1 Å². The van der Waals surface area contributed by atoms with E-state index in [0.717, 1.165) is 22.8 Å². The van der Waals surface area contributed by atoms with E-state index in [2.05, 4.69) is 18.0 Å². The summed E-state index contributed by atoms with van der Waals surface area (Å²) in [6, 6.07) is 9.66. The number of rotatable bonds is 2. The van der Waals surface area contributed by atoms with Crippen molar-refractivity contribution in [1.29, 1.82) is 0 Å². The number of hydrogen-bond acceptors (Lipinski definition) is 2. The Labute approximate surface area is 106 Å². The first-order valence-electron chi connectivity index (χ1n) is 5.44. The lowest BCUT2D eigenvalue weighted by molar-refractivity contribution is 0.472. The molecule has 1 aromatic heterocycles. The molecule has 0 aliphatic heterocycles. The molecule has 0 atom stereocenters. The van der Waals surface area contributed by atoms with Gasteiger partial charge in [0.15, 0.2) is 0 Å². The summed E-state index contributed by atoms with van der Waals surface area (Å²) in [7, 11) is 0. The molecular weight excluding hydrogens is 234 g/mol. The molecule has 3 heteroatoms. The fourth-order valence-corrected chi connectivity index (χ4v) is 1.85. The number of hydrogen-bond donors (Lipinski definition) is 0. The summed E-state index contributed by atoms with van der Waals surface area (Å²) in [4.78, 5) is 4.16. The number of aryl methyl sites for hydroxylation is 3. The minimum Gasteiger partial charge on any atom is -0.455 e. The van der Waals surface area contributed by atoms with Gasteiger partial charge in [0, 0.05) is 0 Å². The van der Waals surface area contributed by atoms with Crippen LogP contribution in [0.15, 0.2) is 30.3 Å². The molecule has 0 bridgehead atoms. The summed E-state index contributed by atoms with van der Waals surface area (Å²) in [5.41, 5.74) is 3.12. The summed E-state index contributed by atoms with van der Waals surface area (Å²) >= 11 is 5.81. The summed E-state index contributed by atoms with van der Waals surface area (Å²) in [6.45, 7) is 5.97. The van der Waals surface area contributed by atoms with Crippen molar-refractivity contribution in [3.05, 3.63) is 52.3 Å². The molecule has 0 amide bonds. The number of ether oxygens (including phenoxy) is 1. The Kier molecular flexibility index (Phi) is 3.34. The average molecular weight is 248 g/mol. The van der Waals surface area contributed by atoms with Crippen LogP contribution in [0.2, 0.25) is 5.15 Å². The zero-order valence-electron chi connectivity index (χ0n) is 10.1. The van der Waals surface area contributed by atoms with Crippen molar-refractivity contribution < 1.29 is 4.74 Å². The first-order valence-corrected chi connectivity index (χ1v) is 5.82.